The third-order valence-electron chi connectivity index (χ3n) is 4.06. The summed E-state index contributed by atoms with van der Waals surface area (Å²) in [6, 6.07) is 3.31. The molecule has 0 saturated carbocycles. The number of amides is 1. The van der Waals surface area contributed by atoms with E-state index >= 15 is 0 Å². The van der Waals surface area contributed by atoms with Crippen LogP contribution in [0.25, 0.3) is 0 Å². The number of aldehydes is 1. The second-order valence-electron chi connectivity index (χ2n) is 5.75. The van der Waals surface area contributed by atoms with E-state index in [1.807, 2.05) is 0 Å². The van der Waals surface area contributed by atoms with E-state index in [1.54, 1.807) is 18.2 Å². The largest absolute Gasteiger partial charge is 0.493 e. The molecule has 1 aromatic carbocycles. The van der Waals surface area contributed by atoms with Crippen molar-refractivity contribution >= 4 is 34.8 Å². The van der Waals surface area contributed by atoms with Gasteiger partial charge in [0.2, 0.25) is 5.91 Å². The second-order valence-corrected chi connectivity index (χ2v) is 6.91. The maximum atomic E-state index is 12.1. The topological polar surface area (TPSA) is 97.4 Å². The molecule has 1 aliphatic heterocycles. The number of carbonyl (C=O) groups is 2. The lowest BCUT2D eigenvalue weighted by atomic mass is 9.96. The van der Waals surface area contributed by atoms with Gasteiger partial charge in [0.15, 0.2) is 11.5 Å². The first-order chi connectivity index (χ1) is 12.1. The summed E-state index contributed by atoms with van der Waals surface area (Å²) in [5.74, 6) is 0.743. The van der Waals surface area contributed by atoms with Gasteiger partial charge in [-0.25, -0.2) is 0 Å². The van der Waals surface area contributed by atoms with E-state index in [4.69, 9.17) is 19.3 Å². The van der Waals surface area contributed by atoms with Crippen LogP contribution in [-0.2, 0) is 9.53 Å². The molecule has 1 aromatic rings. The first-order valence-electron chi connectivity index (χ1n) is 7.82. The highest BCUT2D eigenvalue weighted by Crippen LogP contribution is 2.41. The molecule has 25 heavy (non-hydrogen) atoms. The molecule has 1 aliphatic carbocycles. The molecule has 2 aliphatic rings. The molecule has 1 fully saturated rings. The third kappa shape index (κ3) is 3.96. The molecule has 8 heteroatoms. The second kappa shape index (κ2) is 7.71. The molecule has 0 unspecified atom stereocenters. The van der Waals surface area contributed by atoms with E-state index in [-0.39, 0.29) is 31.3 Å². The Hall–Kier alpha value is -1.65. The Morgan fingerprint density at radius 1 is 1.52 bits per heavy atom. The van der Waals surface area contributed by atoms with Crippen LogP contribution >= 0.6 is 22.6 Å². The van der Waals surface area contributed by atoms with E-state index in [0.29, 0.717) is 29.1 Å². The molecule has 3 atom stereocenters. The molecule has 1 amide bonds. The number of nitrogens with one attached hydrogen (secondary N) is 1. The van der Waals surface area contributed by atoms with Crippen LogP contribution in [0.15, 0.2) is 23.8 Å². The predicted octanol–water partition coefficient (Wildman–Crippen LogP) is 1.07. The lowest BCUT2D eigenvalue weighted by molar-refractivity contribution is -0.117. The minimum atomic E-state index is -0.418. The normalized spacial score (nSPS) is 24.0. The molecule has 0 radical (unpaired) electrons. The van der Waals surface area contributed by atoms with E-state index in [9.17, 15) is 9.59 Å². The van der Waals surface area contributed by atoms with Crippen LogP contribution in [0.3, 0.4) is 0 Å². The van der Waals surface area contributed by atoms with Crippen LogP contribution in [0.1, 0.15) is 16.8 Å². The summed E-state index contributed by atoms with van der Waals surface area (Å²) in [7, 11) is 1.51. The highest BCUT2D eigenvalue weighted by Gasteiger charge is 2.50. The minimum Gasteiger partial charge on any atom is -0.493 e. The van der Waals surface area contributed by atoms with Gasteiger partial charge in [-0.2, -0.15) is 0 Å². The maximum Gasteiger partial charge on any atom is 0.247 e. The third-order valence-corrected chi connectivity index (χ3v) is 4.86. The van der Waals surface area contributed by atoms with Crippen molar-refractivity contribution in [2.75, 3.05) is 20.3 Å². The van der Waals surface area contributed by atoms with Gasteiger partial charge in [-0.3, -0.25) is 9.59 Å². The first kappa shape index (κ1) is 18.2. The van der Waals surface area contributed by atoms with Crippen LogP contribution in [0.2, 0.25) is 0 Å². The number of benzene rings is 1. The zero-order valence-corrected chi connectivity index (χ0v) is 15.7. The molecule has 134 valence electrons. The molecule has 1 heterocycles. The molecule has 0 spiro atoms. The minimum absolute atomic E-state index is 0.0391. The number of fused-ring (bicyclic) bond motifs is 1. The number of methoxy groups -OCH3 is 1. The van der Waals surface area contributed by atoms with E-state index in [1.165, 1.54) is 7.11 Å². The van der Waals surface area contributed by atoms with Crippen molar-refractivity contribution in [3.8, 4) is 11.5 Å². The van der Waals surface area contributed by atoms with Crippen LogP contribution in [-0.4, -0.2) is 55.9 Å². The van der Waals surface area contributed by atoms with E-state index in [0.717, 1.165) is 9.86 Å². The number of halogens is 1. The molecule has 0 aromatic heterocycles. The monoisotopic (exact) mass is 459 g/mol. The molecule has 0 bridgehead atoms. The van der Waals surface area contributed by atoms with Crippen molar-refractivity contribution in [2.45, 2.75) is 24.7 Å². The van der Waals surface area contributed by atoms with Crippen molar-refractivity contribution in [2.24, 2.45) is 0 Å². The Kier molecular flexibility index (Phi) is 5.60. The number of aliphatic hydroxyl groups excluding tert-OH is 1. The predicted molar refractivity (Wildman–Crippen MR) is 97.0 cm³/mol. The van der Waals surface area contributed by atoms with Gasteiger partial charge < -0.3 is 24.6 Å². The summed E-state index contributed by atoms with van der Waals surface area (Å²) in [6.07, 6.45) is 2.48. The van der Waals surface area contributed by atoms with Crippen molar-refractivity contribution < 1.29 is 28.9 Å². The van der Waals surface area contributed by atoms with Crippen molar-refractivity contribution in [1.82, 2.24) is 5.32 Å². The summed E-state index contributed by atoms with van der Waals surface area (Å²) in [6.45, 7) is 0.0928. The first-order valence-corrected chi connectivity index (χ1v) is 8.89. The van der Waals surface area contributed by atoms with Gasteiger partial charge in [0, 0.05) is 24.1 Å². The van der Waals surface area contributed by atoms with Crippen LogP contribution in [0, 0.1) is 3.57 Å². The van der Waals surface area contributed by atoms with Gasteiger partial charge >= 0.3 is 0 Å². The number of hydrogen-bond acceptors (Lipinski definition) is 6. The van der Waals surface area contributed by atoms with Crippen LogP contribution in [0.4, 0.5) is 0 Å². The maximum absolute atomic E-state index is 12.1. The summed E-state index contributed by atoms with van der Waals surface area (Å²) in [4.78, 5) is 23.1. The van der Waals surface area contributed by atoms with Gasteiger partial charge in [0.25, 0.3) is 0 Å². The summed E-state index contributed by atoms with van der Waals surface area (Å²) >= 11 is 2.08. The highest BCUT2D eigenvalue weighted by atomic mass is 127. The standard InChI is InChI=1S/C17H18INO6/c1-23-12-5-9(8-21)4-11(18)15(12)24-13-6-10(7-14-16(13)25-14)17(22)19-2-3-20/h4-6,8,13-14,16,20H,2-3,7H2,1H3,(H,19,22)/t13-,14-,16+/m0/s1. The summed E-state index contributed by atoms with van der Waals surface area (Å²) in [5.41, 5.74) is 1.08. The Labute approximate surface area is 158 Å². The van der Waals surface area contributed by atoms with Gasteiger partial charge in [-0.05, 0) is 40.8 Å². The number of ether oxygens (including phenoxy) is 3. The van der Waals surface area contributed by atoms with Gasteiger partial charge in [0.05, 0.1) is 23.4 Å². The summed E-state index contributed by atoms with van der Waals surface area (Å²) in [5, 5.41) is 11.5. The van der Waals surface area contributed by atoms with Gasteiger partial charge in [0.1, 0.15) is 18.5 Å². The Morgan fingerprint density at radius 3 is 3.00 bits per heavy atom. The molecular formula is C17H18INO6. The SMILES string of the molecule is COc1cc(C=O)cc(I)c1O[C@H]1C=C(C(=O)NCCO)C[C@@H]2O[C@H]12. The fourth-order valence-corrected chi connectivity index (χ4v) is 3.55. The average Bonchev–Trinajstić information content (AvgIpc) is 3.40. The number of epoxide rings is 1. The molecular weight excluding hydrogens is 441 g/mol. The van der Waals surface area contributed by atoms with Crippen LogP contribution < -0.4 is 14.8 Å². The summed E-state index contributed by atoms with van der Waals surface area (Å²) < 4.78 is 17.7. The zero-order valence-electron chi connectivity index (χ0n) is 13.5. The number of hydrogen-bond donors (Lipinski definition) is 2. The molecule has 7 nitrogen and oxygen atoms in total. The Bertz CT molecular complexity index is 719. The van der Waals surface area contributed by atoms with Crippen molar-refractivity contribution in [1.29, 1.82) is 0 Å². The lowest BCUT2D eigenvalue weighted by Crippen LogP contribution is -2.33. The zero-order chi connectivity index (χ0) is 18.0. The fourth-order valence-electron chi connectivity index (χ4n) is 2.80. The lowest BCUT2D eigenvalue weighted by Gasteiger charge is -2.21. The molecule has 3 rings (SSSR count). The van der Waals surface area contributed by atoms with Crippen LogP contribution in [0.5, 0.6) is 11.5 Å². The quantitative estimate of drug-likeness (QED) is 0.360. The smallest absolute Gasteiger partial charge is 0.247 e. The number of carbonyl (C=O) groups excluding carboxylic acids is 2. The van der Waals surface area contributed by atoms with Gasteiger partial charge in [-0.1, -0.05) is 0 Å². The molecule has 1 saturated heterocycles. The number of rotatable bonds is 7. The number of aliphatic hydroxyl groups is 1. The fraction of sp³-hybridized carbons (Fsp3) is 0.412. The highest BCUT2D eigenvalue weighted by molar-refractivity contribution is 14.1. The van der Waals surface area contributed by atoms with E-state index in [2.05, 4.69) is 27.9 Å². The van der Waals surface area contributed by atoms with Crippen molar-refractivity contribution in [3.63, 3.8) is 0 Å². The van der Waals surface area contributed by atoms with Gasteiger partial charge in [-0.15, -0.1) is 0 Å². The Morgan fingerprint density at radius 2 is 2.32 bits per heavy atom. The van der Waals surface area contributed by atoms with E-state index < -0.39 is 6.10 Å². The molecule has 2 N–H and O–H groups in total. The Balaban J connectivity index is 1.82. The average molecular weight is 459 g/mol. The van der Waals surface area contributed by atoms with Crippen molar-refractivity contribution in [3.05, 3.63) is 32.9 Å².